The van der Waals surface area contributed by atoms with Crippen LogP contribution in [0.2, 0.25) is 0 Å². The number of hydrogen-bond acceptors (Lipinski definition) is 4. The van der Waals surface area contributed by atoms with E-state index < -0.39 is 0 Å². The Bertz CT molecular complexity index is 1150. The molecule has 182 valence electrons. The Morgan fingerprint density at radius 1 is 1.00 bits per heavy atom. The second kappa shape index (κ2) is 12.6. The van der Waals surface area contributed by atoms with Crippen molar-refractivity contribution in [3.63, 3.8) is 0 Å². The molecule has 1 heterocycles. The fraction of sp³-hybridized carbons (Fsp3) is 0.355. The van der Waals surface area contributed by atoms with Gasteiger partial charge in [-0.05, 0) is 80.7 Å². The quantitative estimate of drug-likeness (QED) is 0.368. The molecule has 0 bridgehead atoms. The number of hydrogen-bond donors (Lipinski definition) is 2. The van der Waals surface area contributed by atoms with Crippen LogP contribution in [0.4, 0.5) is 0 Å². The topological polar surface area (TPSA) is 50.5 Å². The summed E-state index contributed by atoms with van der Waals surface area (Å²) < 4.78 is 6.38. The van der Waals surface area contributed by atoms with Gasteiger partial charge in [0, 0.05) is 36.3 Å². The van der Waals surface area contributed by atoms with Gasteiger partial charge < -0.3 is 20.7 Å². The van der Waals surface area contributed by atoms with Gasteiger partial charge in [0.2, 0.25) is 0 Å². The zero-order valence-electron chi connectivity index (χ0n) is 21.0. The third kappa shape index (κ3) is 6.96. The number of nitrogens with one attached hydrogen (secondary N) is 1. The SMILES string of the molecule is Cc1c(C#Cc2ccc(CNCCN)c(OCC3CCN(C)CC3)c2)cccc1-c1ccccc1. The predicted octanol–water partition coefficient (Wildman–Crippen LogP) is 4.83. The minimum absolute atomic E-state index is 0.606. The average molecular weight is 468 g/mol. The molecule has 4 nitrogen and oxygen atoms in total. The molecule has 1 saturated heterocycles. The highest BCUT2D eigenvalue weighted by Crippen LogP contribution is 2.26. The summed E-state index contributed by atoms with van der Waals surface area (Å²) in [5.41, 5.74) is 12.5. The van der Waals surface area contributed by atoms with Gasteiger partial charge in [0.25, 0.3) is 0 Å². The molecule has 0 radical (unpaired) electrons. The first-order valence-electron chi connectivity index (χ1n) is 12.7. The van der Waals surface area contributed by atoms with Crippen molar-refractivity contribution in [2.24, 2.45) is 11.7 Å². The van der Waals surface area contributed by atoms with Crippen molar-refractivity contribution in [3.05, 3.63) is 89.0 Å². The normalized spacial score (nSPS) is 14.4. The number of rotatable bonds is 8. The van der Waals surface area contributed by atoms with Crippen LogP contribution in [0.3, 0.4) is 0 Å². The van der Waals surface area contributed by atoms with Crippen molar-refractivity contribution in [3.8, 4) is 28.7 Å². The average Bonchev–Trinajstić information content (AvgIpc) is 2.89. The molecule has 0 spiro atoms. The minimum Gasteiger partial charge on any atom is -0.493 e. The number of nitrogens with zero attached hydrogens (tertiary/aromatic N) is 1. The van der Waals surface area contributed by atoms with E-state index in [0.29, 0.717) is 12.5 Å². The predicted molar refractivity (Wildman–Crippen MR) is 146 cm³/mol. The van der Waals surface area contributed by atoms with E-state index in [2.05, 4.69) is 96.7 Å². The molecular weight excluding hydrogens is 430 g/mol. The summed E-state index contributed by atoms with van der Waals surface area (Å²) in [6, 6.07) is 23.1. The summed E-state index contributed by atoms with van der Waals surface area (Å²) in [5.74, 6) is 8.32. The van der Waals surface area contributed by atoms with Gasteiger partial charge in [0.05, 0.1) is 6.61 Å². The summed E-state index contributed by atoms with van der Waals surface area (Å²) in [6.07, 6.45) is 2.38. The second-order valence-corrected chi connectivity index (χ2v) is 9.44. The molecule has 4 rings (SSSR count). The molecule has 0 amide bonds. The van der Waals surface area contributed by atoms with Crippen molar-refractivity contribution >= 4 is 0 Å². The summed E-state index contributed by atoms with van der Waals surface area (Å²) in [4.78, 5) is 2.39. The van der Waals surface area contributed by atoms with Gasteiger partial charge in [-0.2, -0.15) is 0 Å². The van der Waals surface area contributed by atoms with Gasteiger partial charge in [0.1, 0.15) is 5.75 Å². The molecule has 0 unspecified atom stereocenters. The molecule has 0 aliphatic carbocycles. The number of benzene rings is 3. The molecule has 1 aliphatic rings. The summed E-state index contributed by atoms with van der Waals surface area (Å²) in [7, 11) is 2.19. The van der Waals surface area contributed by atoms with E-state index in [1.165, 1.54) is 29.5 Å². The number of likely N-dealkylation sites (tertiary alicyclic amines) is 1. The molecule has 3 aromatic carbocycles. The van der Waals surface area contributed by atoms with Crippen LogP contribution in [0.25, 0.3) is 11.1 Å². The standard InChI is InChI=1S/C31H37N3O/c1-24-27(9-6-10-30(24)28-7-4-3-5-8-28)13-11-25-12-14-29(22-33-18-17-32)31(21-25)35-23-26-15-19-34(2)20-16-26/h3-10,12,14,21,26,33H,15-20,22-23,32H2,1-2H3. The van der Waals surface area contributed by atoms with E-state index >= 15 is 0 Å². The molecule has 4 heteroatoms. The zero-order chi connectivity index (χ0) is 24.5. The third-order valence-corrected chi connectivity index (χ3v) is 6.78. The van der Waals surface area contributed by atoms with Crippen LogP contribution in [-0.4, -0.2) is 44.7 Å². The van der Waals surface area contributed by atoms with Gasteiger partial charge in [-0.3, -0.25) is 0 Å². The van der Waals surface area contributed by atoms with Gasteiger partial charge in [0.15, 0.2) is 0 Å². The zero-order valence-corrected chi connectivity index (χ0v) is 21.0. The smallest absolute Gasteiger partial charge is 0.125 e. The van der Waals surface area contributed by atoms with E-state index in [1.54, 1.807) is 0 Å². The van der Waals surface area contributed by atoms with Crippen molar-refractivity contribution in [1.29, 1.82) is 0 Å². The van der Waals surface area contributed by atoms with Crippen molar-refractivity contribution in [2.45, 2.75) is 26.3 Å². The van der Waals surface area contributed by atoms with Crippen LogP contribution in [0.1, 0.15) is 35.1 Å². The van der Waals surface area contributed by atoms with E-state index in [9.17, 15) is 0 Å². The van der Waals surface area contributed by atoms with Gasteiger partial charge in [-0.1, -0.05) is 60.4 Å². The Morgan fingerprint density at radius 3 is 2.57 bits per heavy atom. The lowest BCUT2D eigenvalue weighted by atomic mass is 9.96. The molecule has 0 atom stereocenters. The van der Waals surface area contributed by atoms with Gasteiger partial charge >= 0.3 is 0 Å². The van der Waals surface area contributed by atoms with Crippen molar-refractivity contribution in [1.82, 2.24) is 10.2 Å². The fourth-order valence-electron chi connectivity index (χ4n) is 4.52. The lowest BCUT2D eigenvalue weighted by Gasteiger charge is -2.29. The second-order valence-electron chi connectivity index (χ2n) is 9.44. The summed E-state index contributed by atoms with van der Waals surface area (Å²) in [6.45, 7) is 7.34. The lowest BCUT2D eigenvalue weighted by Crippen LogP contribution is -2.32. The molecule has 3 aromatic rings. The first kappa shape index (κ1) is 25.0. The largest absolute Gasteiger partial charge is 0.493 e. The highest BCUT2D eigenvalue weighted by atomic mass is 16.5. The van der Waals surface area contributed by atoms with Crippen LogP contribution in [0.5, 0.6) is 5.75 Å². The van der Waals surface area contributed by atoms with Gasteiger partial charge in [-0.25, -0.2) is 0 Å². The third-order valence-electron chi connectivity index (χ3n) is 6.78. The van der Waals surface area contributed by atoms with Gasteiger partial charge in [-0.15, -0.1) is 0 Å². The first-order chi connectivity index (χ1) is 17.1. The summed E-state index contributed by atoms with van der Waals surface area (Å²) in [5, 5.41) is 3.39. The molecule has 35 heavy (non-hydrogen) atoms. The Morgan fingerprint density at radius 2 is 1.80 bits per heavy atom. The Hall–Kier alpha value is -3.10. The van der Waals surface area contributed by atoms with Crippen molar-refractivity contribution in [2.75, 3.05) is 39.8 Å². The van der Waals surface area contributed by atoms with Crippen LogP contribution >= 0.6 is 0 Å². The van der Waals surface area contributed by atoms with Crippen LogP contribution in [0.15, 0.2) is 66.7 Å². The molecule has 1 fully saturated rings. The first-order valence-corrected chi connectivity index (χ1v) is 12.7. The van der Waals surface area contributed by atoms with Crippen LogP contribution in [-0.2, 0) is 6.54 Å². The maximum absolute atomic E-state index is 6.38. The molecule has 3 N–H and O–H groups in total. The monoisotopic (exact) mass is 467 g/mol. The van der Waals surface area contributed by atoms with Crippen molar-refractivity contribution < 1.29 is 4.74 Å². The van der Waals surface area contributed by atoms with E-state index in [0.717, 1.165) is 55.2 Å². The maximum Gasteiger partial charge on any atom is 0.125 e. The molecule has 0 aromatic heterocycles. The number of piperidine rings is 1. The molecular formula is C31H37N3O. The lowest BCUT2D eigenvalue weighted by molar-refractivity contribution is 0.159. The number of nitrogens with two attached hydrogens (primary N) is 1. The molecule has 0 saturated carbocycles. The highest BCUT2D eigenvalue weighted by molar-refractivity contribution is 5.70. The maximum atomic E-state index is 6.38. The molecule has 1 aliphatic heterocycles. The number of ether oxygens (including phenoxy) is 1. The highest BCUT2D eigenvalue weighted by Gasteiger charge is 2.18. The van der Waals surface area contributed by atoms with Crippen LogP contribution < -0.4 is 15.8 Å². The van der Waals surface area contributed by atoms with E-state index in [-0.39, 0.29) is 0 Å². The minimum atomic E-state index is 0.606. The Kier molecular flexibility index (Phi) is 8.97. The Labute approximate surface area is 210 Å². The Balaban J connectivity index is 1.54. The fourth-order valence-corrected chi connectivity index (χ4v) is 4.52. The van der Waals surface area contributed by atoms with E-state index in [1.807, 2.05) is 6.07 Å². The summed E-state index contributed by atoms with van der Waals surface area (Å²) >= 11 is 0. The van der Waals surface area contributed by atoms with Crippen LogP contribution in [0, 0.1) is 24.7 Å². The van der Waals surface area contributed by atoms with E-state index in [4.69, 9.17) is 10.5 Å².